The summed E-state index contributed by atoms with van der Waals surface area (Å²) in [7, 11) is 0. The zero-order valence-corrected chi connectivity index (χ0v) is 20.2. The lowest BCUT2D eigenvalue weighted by atomic mass is 9.99. The molecule has 0 aromatic heterocycles. The van der Waals surface area contributed by atoms with Crippen LogP contribution in [0.15, 0.2) is 18.2 Å². The maximum atomic E-state index is 12.3. The van der Waals surface area contributed by atoms with E-state index in [9.17, 15) is 14.4 Å². The lowest BCUT2D eigenvalue weighted by Crippen LogP contribution is -2.36. The Morgan fingerprint density at radius 1 is 1.03 bits per heavy atom. The molecular weight excluding hydrogens is 408 g/mol. The lowest BCUT2D eigenvalue weighted by molar-refractivity contribution is -0.143. The highest BCUT2D eigenvalue weighted by atomic mass is 16.5. The number of benzene rings is 1. The molecule has 2 atom stereocenters. The predicted octanol–water partition coefficient (Wildman–Crippen LogP) is 5.19. The molecule has 180 valence electrons. The number of carbonyl (C=O) groups is 3. The molecule has 0 aliphatic rings. The van der Waals surface area contributed by atoms with Gasteiger partial charge in [-0.3, -0.25) is 4.79 Å². The molecule has 1 rings (SSSR count). The summed E-state index contributed by atoms with van der Waals surface area (Å²) >= 11 is 0. The van der Waals surface area contributed by atoms with Crippen molar-refractivity contribution in [2.75, 3.05) is 23.8 Å². The van der Waals surface area contributed by atoms with Crippen LogP contribution < -0.4 is 21.3 Å². The van der Waals surface area contributed by atoms with E-state index in [1.54, 1.807) is 19.1 Å². The summed E-state index contributed by atoms with van der Waals surface area (Å²) in [5.74, 6) is 0.204. The Labute approximate surface area is 192 Å². The maximum Gasteiger partial charge on any atom is 0.319 e. The number of hydrogen-bond acceptors (Lipinski definition) is 4. The smallest absolute Gasteiger partial charge is 0.319 e. The monoisotopic (exact) mass is 448 g/mol. The van der Waals surface area contributed by atoms with Crippen LogP contribution in [-0.2, 0) is 9.53 Å². The van der Waals surface area contributed by atoms with Crippen LogP contribution in [0, 0.1) is 12.8 Å². The van der Waals surface area contributed by atoms with E-state index in [0.717, 1.165) is 31.2 Å². The van der Waals surface area contributed by atoms with E-state index in [1.165, 1.54) is 0 Å². The van der Waals surface area contributed by atoms with Gasteiger partial charge in [-0.1, -0.05) is 39.2 Å². The van der Waals surface area contributed by atoms with Gasteiger partial charge in [0.1, 0.15) is 0 Å². The first-order valence-electron chi connectivity index (χ1n) is 11.7. The summed E-state index contributed by atoms with van der Waals surface area (Å²) in [6.07, 6.45) is 5.20. The molecule has 0 saturated heterocycles. The topological polar surface area (TPSA) is 109 Å². The van der Waals surface area contributed by atoms with Gasteiger partial charge >= 0.3 is 18.0 Å². The van der Waals surface area contributed by atoms with Gasteiger partial charge in [0.2, 0.25) is 0 Å². The zero-order chi connectivity index (χ0) is 23.9. The third-order valence-electron chi connectivity index (χ3n) is 5.30. The largest absolute Gasteiger partial charge is 0.466 e. The molecule has 2 unspecified atom stereocenters. The van der Waals surface area contributed by atoms with E-state index in [2.05, 4.69) is 35.1 Å². The van der Waals surface area contributed by atoms with E-state index in [1.807, 2.05) is 19.9 Å². The molecule has 0 spiro atoms. The number of aryl methyl sites for hydroxylation is 1. The van der Waals surface area contributed by atoms with Gasteiger partial charge in [0.05, 0.1) is 6.61 Å². The van der Waals surface area contributed by atoms with Crippen molar-refractivity contribution in [1.29, 1.82) is 0 Å². The van der Waals surface area contributed by atoms with Crippen molar-refractivity contribution in [3.8, 4) is 0 Å². The fourth-order valence-corrected chi connectivity index (χ4v) is 3.21. The second-order valence-electron chi connectivity index (χ2n) is 8.12. The van der Waals surface area contributed by atoms with Crippen LogP contribution in [0.4, 0.5) is 21.0 Å². The van der Waals surface area contributed by atoms with Crippen LogP contribution in [0.3, 0.4) is 0 Å². The summed E-state index contributed by atoms with van der Waals surface area (Å²) in [6, 6.07) is 4.55. The summed E-state index contributed by atoms with van der Waals surface area (Å²) < 4.78 is 4.90. The van der Waals surface area contributed by atoms with Gasteiger partial charge in [0.25, 0.3) is 0 Å². The molecule has 0 aliphatic heterocycles. The highest BCUT2D eigenvalue weighted by Gasteiger charge is 2.13. The van der Waals surface area contributed by atoms with Gasteiger partial charge in [0.15, 0.2) is 0 Å². The summed E-state index contributed by atoms with van der Waals surface area (Å²) in [6.45, 7) is 10.8. The van der Waals surface area contributed by atoms with Gasteiger partial charge in [-0.2, -0.15) is 0 Å². The number of anilines is 2. The van der Waals surface area contributed by atoms with Crippen LogP contribution in [0.1, 0.15) is 71.8 Å². The van der Waals surface area contributed by atoms with Crippen molar-refractivity contribution in [1.82, 2.24) is 10.6 Å². The Bertz CT molecular complexity index is 739. The quantitative estimate of drug-likeness (QED) is 0.312. The second kappa shape index (κ2) is 15.1. The van der Waals surface area contributed by atoms with Crippen molar-refractivity contribution >= 4 is 29.4 Å². The minimum atomic E-state index is -0.368. The summed E-state index contributed by atoms with van der Waals surface area (Å²) in [4.78, 5) is 36.1. The molecule has 0 heterocycles. The number of ether oxygens (including phenoxy) is 1. The molecule has 0 fully saturated rings. The third-order valence-corrected chi connectivity index (χ3v) is 5.30. The van der Waals surface area contributed by atoms with Crippen molar-refractivity contribution < 1.29 is 19.1 Å². The van der Waals surface area contributed by atoms with Crippen molar-refractivity contribution in [2.45, 2.75) is 79.2 Å². The zero-order valence-electron chi connectivity index (χ0n) is 20.2. The van der Waals surface area contributed by atoms with Crippen molar-refractivity contribution in [3.63, 3.8) is 0 Å². The minimum Gasteiger partial charge on any atom is -0.466 e. The molecule has 8 nitrogen and oxygen atoms in total. The van der Waals surface area contributed by atoms with Crippen LogP contribution in [0.25, 0.3) is 0 Å². The minimum absolute atomic E-state index is 0.189. The van der Waals surface area contributed by atoms with E-state index in [-0.39, 0.29) is 30.5 Å². The molecule has 0 bridgehead atoms. The van der Waals surface area contributed by atoms with Crippen molar-refractivity contribution in [3.05, 3.63) is 23.8 Å². The molecule has 32 heavy (non-hydrogen) atoms. The molecule has 4 amide bonds. The van der Waals surface area contributed by atoms with E-state index in [4.69, 9.17) is 4.74 Å². The molecule has 1 aromatic carbocycles. The number of unbranched alkanes of at least 4 members (excludes halogenated alkanes) is 1. The molecule has 0 radical (unpaired) electrons. The Morgan fingerprint density at radius 2 is 1.78 bits per heavy atom. The maximum absolute atomic E-state index is 12.3. The average Bonchev–Trinajstić information content (AvgIpc) is 2.75. The molecule has 0 saturated carbocycles. The van der Waals surface area contributed by atoms with Crippen LogP contribution in [0.2, 0.25) is 0 Å². The average molecular weight is 449 g/mol. The van der Waals surface area contributed by atoms with Gasteiger partial charge < -0.3 is 26.0 Å². The number of urea groups is 2. The number of hydrogen-bond donors (Lipinski definition) is 4. The summed E-state index contributed by atoms with van der Waals surface area (Å²) in [5.41, 5.74) is 2.07. The molecule has 1 aromatic rings. The lowest BCUT2D eigenvalue weighted by Gasteiger charge is -2.17. The first-order chi connectivity index (χ1) is 15.3. The van der Waals surface area contributed by atoms with Crippen LogP contribution in [-0.4, -0.2) is 37.2 Å². The Kier molecular flexibility index (Phi) is 12.9. The second-order valence-corrected chi connectivity index (χ2v) is 8.12. The Balaban J connectivity index is 2.55. The predicted molar refractivity (Wildman–Crippen MR) is 129 cm³/mol. The first kappa shape index (κ1) is 27.3. The first-order valence-corrected chi connectivity index (χ1v) is 11.7. The normalized spacial score (nSPS) is 12.4. The molecule has 0 aliphatic carbocycles. The number of rotatable bonds is 13. The van der Waals surface area contributed by atoms with Gasteiger partial charge in [-0.25, -0.2) is 9.59 Å². The molecule has 8 heteroatoms. The Morgan fingerprint density at radius 3 is 2.44 bits per heavy atom. The number of amides is 4. The van der Waals surface area contributed by atoms with Crippen molar-refractivity contribution in [2.24, 2.45) is 5.92 Å². The number of carbonyl (C=O) groups excluding carboxylic acids is 3. The molecule has 4 N–H and O–H groups in total. The van der Waals surface area contributed by atoms with Gasteiger partial charge in [-0.15, -0.1) is 0 Å². The third kappa shape index (κ3) is 11.0. The number of esters is 1. The number of nitrogens with one attached hydrogen (secondary N) is 4. The van der Waals surface area contributed by atoms with Crippen LogP contribution >= 0.6 is 0 Å². The SMILES string of the molecule is CCCCC(CC)CNC(=O)Nc1ccc(C)c(NC(=O)NC(C)CCC(=O)OCC)c1. The standard InChI is InChI=1S/C24H40N4O4/c1-6-9-10-19(7-2)16-25-23(30)27-20-13-11-17(4)21(15-20)28-24(31)26-18(5)12-14-22(29)32-8-3/h11,13,15,18-19H,6-10,12,14,16H2,1-5H3,(H2,25,27,30)(H2,26,28,31). The summed E-state index contributed by atoms with van der Waals surface area (Å²) in [5, 5.41) is 11.4. The Hall–Kier alpha value is -2.77. The fourth-order valence-electron chi connectivity index (χ4n) is 3.21. The molecular formula is C24H40N4O4. The van der Waals surface area contributed by atoms with Crippen LogP contribution in [0.5, 0.6) is 0 Å². The van der Waals surface area contributed by atoms with Gasteiger partial charge in [-0.05, 0) is 57.2 Å². The van der Waals surface area contributed by atoms with Gasteiger partial charge in [0, 0.05) is 30.4 Å². The highest BCUT2D eigenvalue weighted by Crippen LogP contribution is 2.20. The van der Waals surface area contributed by atoms with E-state index >= 15 is 0 Å². The van der Waals surface area contributed by atoms with E-state index in [0.29, 0.717) is 36.9 Å². The van der Waals surface area contributed by atoms with E-state index < -0.39 is 0 Å². The highest BCUT2D eigenvalue weighted by molar-refractivity contribution is 5.93. The fraction of sp³-hybridized carbons (Fsp3) is 0.625.